The van der Waals surface area contributed by atoms with Gasteiger partial charge in [-0.1, -0.05) is 19.9 Å². The van der Waals surface area contributed by atoms with Gasteiger partial charge in [0.2, 0.25) is 0 Å². The number of nitrogens with zero attached hydrogens (tertiary/aromatic N) is 1. The molecule has 1 fully saturated rings. The molecule has 1 aliphatic rings. The molecule has 0 aromatic carbocycles. The Kier molecular flexibility index (Phi) is 3.79. The largest absolute Gasteiger partial charge is 0.271 e. The summed E-state index contributed by atoms with van der Waals surface area (Å²) in [4.78, 5) is 4.18. The minimum atomic E-state index is 0.250. The van der Waals surface area contributed by atoms with Crippen molar-refractivity contribution >= 4 is 0 Å². The summed E-state index contributed by atoms with van der Waals surface area (Å²) in [5.41, 5.74) is 4.69. The second-order valence-corrected chi connectivity index (χ2v) is 5.93. The molecule has 1 aromatic heterocycles. The minimum Gasteiger partial charge on any atom is -0.271 e. The van der Waals surface area contributed by atoms with E-state index < -0.39 is 0 Å². The number of hydrazine groups is 1. The van der Waals surface area contributed by atoms with Crippen LogP contribution in [0.2, 0.25) is 0 Å². The highest BCUT2D eigenvalue weighted by molar-refractivity contribution is 5.15. The van der Waals surface area contributed by atoms with E-state index in [1.165, 1.54) is 31.2 Å². The molecule has 1 unspecified atom stereocenters. The van der Waals surface area contributed by atoms with Crippen molar-refractivity contribution in [1.82, 2.24) is 10.4 Å². The van der Waals surface area contributed by atoms with Crippen molar-refractivity contribution in [3.05, 3.63) is 30.1 Å². The number of nitrogens with two attached hydrogens (primary N) is 1. The van der Waals surface area contributed by atoms with Crippen LogP contribution in [0.4, 0.5) is 0 Å². The highest BCUT2D eigenvalue weighted by Gasteiger charge is 2.31. The molecule has 3 nitrogen and oxygen atoms in total. The Balaban J connectivity index is 2.05. The molecule has 0 spiro atoms. The second kappa shape index (κ2) is 5.15. The Bertz CT molecular complexity index is 338. The number of pyridine rings is 1. The van der Waals surface area contributed by atoms with Crippen LogP contribution in [0.25, 0.3) is 0 Å². The van der Waals surface area contributed by atoms with Gasteiger partial charge in [-0.15, -0.1) is 0 Å². The summed E-state index contributed by atoms with van der Waals surface area (Å²) in [7, 11) is 0. The summed E-state index contributed by atoms with van der Waals surface area (Å²) in [6, 6.07) is 4.34. The van der Waals surface area contributed by atoms with Crippen LogP contribution in [0.3, 0.4) is 0 Å². The number of hydrogen-bond donors (Lipinski definition) is 2. The molecule has 1 aliphatic carbocycles. The SMILES string of the molecule is CC1(C)CCC(C(NN)c2cccnc2)CC1. The fourth-order valence-electron chi connectivity index (χ4n) is 2.82. The van der Waals surface area contributed by atoms with Crippen molar-refractivity contribution in [3.8, 4) is 0 Å². The average molecular weight is 233 g/mol. The van der Waals surface area contributed by atoms with Crippen molar-refractivity contribution in [3.63, 3.8) is 0 Å². The van der Waals surface area contributed by atoms with Crippen LogP contribution in [0, 0.1) is 11.3 Å². The number of hydrogen-bond acceptors (Lipinski definition) is 3. The third kappa shape index (κ3) is 3.05. The second-order valence-electron chi connectivity index (χ2n) is 5.93. The lowest BCUT2D eigenvalue weighted by Crippen LogP contribution is -2.36. The average Bonchev–Trinajstić information content (AvgIpc) is 2.33. The van der Waals surface area contributed by atoms with E-state index in [2.05, 4.69) is 30.3 Å². The fourth-order valence-corrected chi connectivity index (χ4v) is 2.82. The monoisotopic (exact) mass is 233 g/mol. The van der Waals surface area contributed by atoms with Crippen molar-refractivity contribution < 1.29 is 0 Å². The van der Waals surface area contributed by atoms with E-state index in [1.807, 2.05) is 12.3 Å². The summed E-state index contributed by atoms with van der Waals surface area (Å²) < 4.78 is 0. The summed E-state index contributed by atoms with van der Waals surface area (Å²) in [5.74, 6) is 6.36. The fraction of sp³-hybridized carbons (Fsp3) is 0.643. The molecule has 17 heavy (non-hydrogen) atoms. The first-order valence-electron chi connectivity index (χ1n) is 6.48. The first-order valence-corrected chi connectivity index (χ1v) is 6.48. The van der Waals surface area contributed by atoms with E-state index in [1.54, 1.807) is 6.20 Å². The Morgan fingerprint density at radius 2 is 2.12 bits per heavy atom. The normalized spacial score (nSPS) is 22.3. The van der Waals surface area contributed by atoms with E-state index in [-0.39, 0.29) is 6.04 Å². The standard InChI is InChI=1S/C14H23N3/c1-14(2)7-5-11(6-8-14)13(17-15)12-4-3-9-16-10-12/h3-4,9-11,13,17H,5-8,15H2,1-2H3. The Labute approximate surface area is 104 Å². The molecule has 2 rings (SSSR count). The number of nitrogens with one attached hydrogen (secondary N) is 1. The number of rotatable bonds is 3. The van der Waals surface area contributed by atoms with E-state index in [4.69, 9.17) is 5.84 Å². The Morgan fingerprint density at radius 3 is 2.65 bits per heavy atom. The summed E-state index contributed by atoms with van der Waals surface area (Å²) in [6.07, 6.45) is 8.80. The van der Waals surface area contributed by atoms with E-state index in [0.717, 1.165) is 0 Å². The number of aromatic nitrogens is 1. The van der Waals surface area contributed by atoms with Gasteiger partial charge in [0, 0.05) is 12.4 Å². The molecule has 1 heterocycles. The van der Waals surface area contributed by atoms with Crippen LogP contribution in [0.1, 0.15) is 51.1 Å². The molecule has 94 valence electrons. The van der Waals surface area contributed by atoms with Gasteiger partial charge in [-0.25, -0.2) is 0 Å². The summed E-state index contributed by atoms with van der Waals surface area (Å²) in [5, 5.41) is 0. The van der Waals surface area contributed by atoms with Crippen LogP contribution in [-0.4, -0.2) is 4.98 Å². The topological polar surface area (TPSA) is 50.9 Å². The van der Waals surface area contributed by atoms with Crippen molar-refractivity contribution in [1.29, 1.82) is 0 Å². The van der Waals surface area contributed by atoms with Crippen molar-refractivity contribution in [2.45, 2.75) is 45.6 Å². The highest BCUT2D eigenvalue weighted by atomic mass is 15.2. The Hall–Kier alpha value is -0.930. The third-order valence-corrected chi connectivity index (χ3v) is 4.08. The van der Waals surface area contributed by atoms with Crippen LogP contribution in [0.15, 0.2) is 24.5 Å². The quantitative estimate of drug-likeness (QED) is 0.623. The van der Waals surface area contributed by atoms with Crippen LogP contribution >= 0.6 is 0 Å². The Morgan fingerprint density at radius 1 is 1.41 bits per heavy atom. The van der Waals surface area contributed by atoms with Gasteiger partial charge in [0.25, 0.3) is 0 Å². The van der Waals surface area contributed by atoms with Gasteiger partial charge < -0.3 is 0 Å². The van der Waals surface area contributed by atoms with Gasteiger partial charge in [-0.05, 0) is 48.6 Å². The lowest BCUT2D eigenvalue weighted by atomic mass is 9.70. The zero-order chi connectivity index (χ0) is 12.3. The molecule has 1 aromatic rings. The highest BCUT2D eigenvalue weighted by Crippen LogP contribution is 2.42. The maximum Gasteiger partial charge on any atom is 0.0503 e. The van der Waals surface area contributed by atoms with Gasteiger partial charge in [0.15, 0.2) is 0 Å². The van der Waals surface area contributed by atoms with Crippen molar-refractivity contribution in [2.24, 2.45) is 17.2 Å². The van der Waals surface area contributed by atoms with Gasteiger partial charge in [-0.3, -0.25) is 16.3 Å². The molecular formula is C14H23N3. The minimum absolute atomic E-state index is 0.250. The predicted molar refractivity (Wildman–Crippen MR) is 70.0 cm³/mol. The molecule has 1 saturated carbocycles. The maximum absolute atomic E-state index is 5.73. The summed E-state index contributed by atoms with van der Waals surface area (Å²) >= 11 is 0. The van der Waals surface area contributed by atoms with Gasteiger partial charge in [0.05, 0.1) is 6.04 Å². The molecule has 3 N–H and O–H groups in total. The van der Waals surface area contributed by atoms with E-state index in [9.17, 15) is 0 Å². The lowest BCUT2D eigenvalue weighted by Gasteiger charge is -2.37. The van der Waals surface area contributed by atoms with E-state index >= 15 is 0 Å². The molecule has 0 aliphatic heterocycles. The van der Waals surface area contributed by atoms with Gasteiger partial charge in [-0.2, -0.15) is 0 Å². The zero-order valence-corrected chi connectivity index (χ0v) is 10.8. The smallest absolute Gasteiger partial charge is 0.0503 e. The molecule has 0 amide bonds. The molecular weight excluding hydrogens is 210 g/mol. The first kappa shape index (κ1) is 12.5. The van der Waals surface area contributed by atoms with Gasteiger partial charge in [0.1, 0.15) is 0 Å². The van der Waals surface area contributed by atoms with Crippen molar-refractivity contribution in [2.75, 3.05) is 0 Å². The maximum atomic E-state index is 5.73. The lowest BCUT2D eigenvalue weighted by molar-refractivity contribution is 0.161. The molecule has 0 radical (unpaired) electrons. The molecule has 0 bridgehead atoms. The van der Waals surface area contributed by atoms with Crippen LogP contribution in [-0.2, 0) is 0 Å². The van der Waals surface area contributed by atoms with Crippen LogP contribution < -0.4 is 11.3 Å². The third-order valence-electron chi connectivity index (χ3n) is 4.08. The molecule has 0 saturated heterocycles. The first-order chi connectivity index (χ1) is 8.12. The van der Waals surface area contributed by atoms with Crippen LogP contribution in [0.5, 0.6) is 0 Å². The van der Waals surface area contributed by atoms with E-state index in [0.29, 0.717) is 11.3 Å². The zero-order valence-electron chi connectivity index (χ0n) is 10.8. The summed E-state index contributed by atoms with van der Waals surface area (Å²) in [6.45, 7) is 4.72. The van der Waals surface area contributed by atoms with Gasteiger partial charge >= 0.3 is 0 Å². The molecule has 3 heteroatoms. The predicted octanol–water partition coefficient (Wildman–Crippen LogP) is 2.80. The molecule has 1 atom stereocenters.